The lowest BCUT2D eigenvalue weighted by Crippen LogP contribution is -2.31. The molecule has 0 fully saturated rings. The molecular weight excluding hydrogens is 226 g/mol. The fourth-order valence-corrected chi connectivity index (χ4v) is 2.58. The number of hydrogen-bond acceptors (Lipinski definition) is 4. The normalized spacial score (nSPS) is 18.9. The van der Waals surface area contributed by atoms with Crippen LogP contribution in [0.2, 0.25) is 0 Å². The number of amides is 1. The van der Waals surface area contributed by atoms with Gasteiger partial charge in [-0.05, 0) is 17.7 Å². The van der Waals surface area contributed by atoms with Crippen LogP contribution < -0.4 is 5.73 Å². The zero-order valence-electron chi connectivity index (χ0n) is 8.75. The van der Waals surface area contributed by atoms with Crippen molar-refractivity contribution in [3.63, 3.8) is 0 Å². The van der Waals surface area contributed by atoms with Gasteiger partial charge in [-0.1, -0.05) is 11.8 Å². The summed E-state index contributed by atoms with van der Waals surface area (Å²) in [4.78, 5) is 16.9. The van der Waals surface area contributed by atoms with E-state index in [1.165, 1.54) is 18.7 Å². The van der Waals surface area contributed by atoms with Crippen molar-refractivity contribution in [1.82, 2.24) is 9.88 Å². The molecule has 1 unspecified atom stereocenters. The molecule has 0 radical (unpaired) electrons. The number of thioether (sulfide) groups is 1. The van der Waals surface area contributed by atoms with Crippen LogP contribution in [0.15, 0.2) is 35.8 Å². The third kappa shape index (κ3) is 2.17. The quantitative estimate of drug-likeness (QED) is 0.777. The summed E-state index contributed by atoms with van der Waals surface area (Å²) < 4.78 is 0. The minimum Gasteiger partial charge on any atom is -0.412 e. The Labute approximate surface area is 97.6 Å². The molecule has 0 saturated heterocycles. The molecule has 16 heavy (non-hydrogen) atoms. The zero-order chi connectivity index (χ0) is 10.8. The minimum absolute atomic E-state index is 0. The lowest BCUT2D eigenvalue weighted by molar-refractivity contribution is -0.127. The molecule has 0 bridgehead atoms. The molecule has 0 aliphatic carbocycles. The number of hydrogen-bond donors (Lipinski definition) is 1. The highest BCUT2D eigenvalue weighted by molar-refractivity contribution is 8.02. The Balaban J connectivity index is 0.00000128. The molecular formula is C10H13N3O2S. The maximum atomic E-state index is 11.4. The van der Waals surface area contributed by atoms with Crippen LogP contribution in [-0.2, 0) is 4.79 Å². The van der Waals surface area contributed by atoms with Crippen molar-refractivity contribution < 1.29 is 10.3 Å². The van der Waals surface area contributed by atoms with Gasteiger partial charge in [0.25, 0.3) is 0 Å². The molecule has 86 valence electrons. The molecule has 1 aliphatic heterocycles. The minimum atomic E-state index is -0.0505. The number of aromatic nitrogens is 1. The summed E-state index contributed by atoms with van der Waals surface area (Å²) in [6.45, 7) is 1.51. The van der Waals surface area contributed by atoms with Gasteiger partial charge in [-0.3, -0.25) is 14.7 Å². The molecule has 2 heterocycles. The Bertz CT molecular complexity index is 408. The van der Waals surface area contributed by atoms with E-state index < -0.39 is 0 Å². The van der Waals surface area contributed by atoms with Crippen LogP contribution in [0.1, 0.15) is 17.9 Å². The Morgan fingerprint density at radius 3 is 2.69 bits per heavy atom. The van der Waals surface area contributed by atoms with E-state index in [9.17, 15) is 4.79 Å². The van der Waals surface area contributed by atoms with Crippen molar-refractivity contribution in [3.05, 3.63) is 41.3 Å². The first-order valence-corrected chi connectivity index (χ1v) is 5.45. The van der Waals surface area contributed by atoms with Crippen molar-refractivity contribution in [2.45, 2.75) is 12.3 Å². The van der Waals surface area contributed by atoms with Crippen molar-refractivity contribution in [1.29, 1.82) is 0 Å². The summed E-state index contributed by atoms with van der Waals surface area (Å²) in [5, 5.41) is 1.75. The first-order valence-electron chi connectivity index (χ1n) is 4.51. The van der Waals surface area contributed by atoms with Crippen LogP contribution in [0.3, 0.4) is 0 Å². The summed E-state index contributed by atoms with van der Waals surface area (Å²) in [6.07, 6.45) is 3.42. The number of carbonyl (C=O) groups excluding carboxylic acids is 1. The second-order valence-corrected chi connectivity index (χ2v) is 4.16. The third-order valence-electron chi connectivity index (χ3n) is 2.16. The van der Waals surface area contributed by atoms with Gasteiger partial charge in [-0.2, -0.15) is 0 Å². The van der Waals surface area contributed by atoms with Crippen LogP contribution in [0.5, 0.6) is 0 Å². The van der Waals surface area contributed by atoms with E-state index in [-0.39, 0.29) is 16.8 Å². The Morgan fingerprint density at radius 1 is 1.50 bits per heavy atom. The molecule has 1 amide bonds. The maximum absolute atomic E-state index is 11.4. The number of nitrogens with two attached hydrogens (primary N) is 1. The lowest BCUT2D eigenvalue weighted by atomic mass is 10.2. The fraction of sp³-hybridized carbons (Fsp3) is 0.200. The molecule has 1 aromatic heterocycles. The lowest BCUT2D eigenvalue weighted by Gasteiger charge is -2.23. The van der Waals surface area contributed by atoms with E-state index in [4.69, 9.17) is 5.73 Å². The zero-order valence-corrected chi connectivity index (χ0v) is 9.57. The molecule has 5 nitrogen and oxygen atoms in total. The molecule has 0 spiro atoms. The van der Waals surface area contributed by atoms with Gasteiger partial charge in [0, 0.05) is 24.7 Å². The van der Waals surface area contributed by atoms with E-state index >= 15 is 0 Å². The molecule has 1 aromatic rings. The summed E-state index contributed by atoms with van der Waals surface area (Å²) in [6, 6.07) is 3.78. The first kappa shape index (κ1) is 12.5. The largest absolute Gasteiger partial charge is 0.412 e. The molecule has 0 aromatic carbocycles. The SMILES string of the molecule is CC(=O)N1C(N)=CSC1c1ccncc1.O. The predicted molar refractivity (Wildman–Crippen MR) is 63.0 cm³/mol. The second kappa shape index (κ2) is 5.00. The predicted octanol–water partition coefficient (Wildman–Crippen LogP) is 0.608. The Kier molecular flexibility index (Phi) is 3.92. The van der Waals surface area contributed by atoms with Gasteiger partial charge < -0.3 is 11.2 Å². The second-order valence-electron chi connectivity index (χ2n) is 3.20. The summed E-state index contributed by atoms with van der Waals surface area (Å²) >= 11 is 1.53. The van der Waals surface area contributed by atoms with Crippen molar-refractivity contribution in [3.8, 4) is 0 Å². The van der Waals surface area contributed by atoms with Gasteiger partial charge in [-0.15, -0.1) is 0 Å². The van der Waals surface area contributed by atoms with E-state index in [1.54, 1.807) is 22.7 Å². The highest BCUT2D eigenvalue weighted by Gasteiger charge is 2.29. The third-order valence-corrected chi connectivity index (χ3v) is 3.28. The van der Waals surface area contributed by atoms with Crippen LogP contribution in [0.4, 0.5) is 0 Å². The summed E-state index contributed by atoms with van der Waals surface area (Å²) in [5.41, 5.74) is 6.77. The molecule has 4 N–H and O–H groups in total. The van der Waals surface area contributed by atoms with Crippen LogP contribution >= 0.6 is 11.8 Å². The first-order chi connectivity index (χ1) is 7.20. The van der Waals surface area contributed by atoms with Gasteiger partial charge in [0.2, 0.25) is 5.91 Å². The molecule has 1 atom stereocenters. The highest BCUT2D eigenvalue weighted by atomic mass is 32.2. The van der Waals surface area contributed by atoms with Crippen molar-refractivity contribution in [2.75, 3.05) is 0 Å². The average molecular weight is 239 g/mol. The van der Waals surface area contributed by atoms with Gasteiger partial charge in [0.15, 0.2) is 0 Å². The molecule has 1 aliphatic rings. The van der Waals surface area contributed by atoms with E-state index in [2.05, 4.69) is 4.98 Å². The summed E-state index contributed by atoms with van der Waals surface area (Å²) in [5.74, 6) is 0.463. The van der Waals surface area contributed by atoms with Crippen molar-refractivity contribution >= 4 is 17.7 Å². The molecule has 0 saturated carbocycles. The fourth-order valence-electron chi connectivity index (χ4n) is 1.49. The average Bonchev–Trinajstić information content (AvgIpc) is 2.61. The smallest absolute Gasteiger partial charge is 0.226 e. The highest BCUT2D eigenvalue weighted by Crippen LogP contribution is 2.40. The molecule has 6 heteroatoms. The maximum Gasteiger partial charge on any atom is 0.226 e. The Hall–Kier alpha value is -1.53. The number of rotatable bonds is 1. The van der Waals surface area contributed by atoms with E-state index in [0.29, 0.717) is 5.82 Å². The van der Waals surface area contributed by atoms with Crippen LogP contribution in [0, 0.1) is 0 Å². The van der Waals surface area contributed by atoms with E-state index in [0.717, 1.165) is 5.56 Å². The van der Waals surface area contributed by atoms with Gasteiger partial charge in [0.05, 0.1) is 0 Å². The van der Waals surface area contributed by atoms with Gasteiger partial charge in [0.1, 0.15) is 11.2 Å². The number of pyridine rings is 1. The van der Waals surface area contributed by atoms with Gasteiger partial charge in [-0.25, -0.2) is 0 Å². The summed E-state index contributed by atoms with van der Waals surface area (Å²) in [7, 11) is 0. The number of carbonyl (C=O) groups is 1. The van der Waals surface area contributed by atoms with Crippen LogP contribution in [-0.4, -0.2) is 21.3 Å². The van der Waals surface area contributed by atoms with Crippen molar-refractivity contribution in [2.24, 2.45) is 5.73 Å². The monoisotopic (exact) mass is 239 g/mol. The number of nitrogens with zero attached hydrogens (tertiary/aromatic N) is 2. The van der Waals surface area contributed by atoms with Crippen LogP contribution in [0.25, 0.3) is 0 Å². The van der Waals surface area contributed by atoms with E-state index in [1.807, 2.05) is 12.1 Å². The van der Waals surface area contributed by atoms with Gasteiger partial charge >= 0.3 is 0 Å². The molecule has 2 rings (SSSR count). The Morgan fingerprint density at radius 2 is 2.12 bits per heavy atom. The topological polar surface area (TPSA) is 90.7 Å². The standard InChI is InChI=1S/C10H11N3OS.H2O/c1-7(14)13-9(11)6-15-10(13)8-2-4-12-5-3-8;/h2-6,10H,11H2,1H3;1H2.